The summed E-state index contributed by atoms with van der Waals surface area (Å²) >= 11 is 0. The lowest BCUT2D eigenvalue weighted by molar-refractivity contribution is 0.0672. The van der Waals surface area contributed by atoms with Crippen molar-refractivity contribution in [2.45, 2.75) is 44.5 Å². The predicted molar refractivity (Wildman–Crippen MR) is 131 cm³/mol. The molecule has 174 valence electrons. The van der Waals surface area contributed by atoms with Crippen molar-refractivity contribution in [1.29, 1.82) is 0 Å². The van der Waals surface area contributed by atoms with Crippen molar-refractivity contribution in [1.82, 2.24) is 5.32 Å². The van der Waals surface area contributed by atoms with Crippen LogP contribution in [0.1, 0.15) is 53.7 Å². The molecule has 1 fully saturated rings. The Morgan fingerprint density at radius 1 is 0.879 bits per heavy atom. The lowest BCUT2D eigenvalue weighted by Gasteiger charge is -2.30. The van der Waals surface area contributed by atoms with Gasteiger partial charge in [-0.25, -0.2) is 0 Å². The number of amides is 1. The van der Waals surface area contributed by atoms with E-state index >= 15 is 0 Å². The molecule has 33 heavy (non-hydrogen) atoms. The second-order valence-corrected chi connectivity index (χ2v) is 8.30. The Labute approximate surface area is 196 Å². The zero-order valence-corrected chi connectivity index (χ0v) is 19.7. The van der Waals surface area contributed by atoms with Gasteiger partial charge < -0.3 is 19.9 Å². The molecule has 4 rings (SSSR count). The molecule has 0 saturated carbocycles. The van der Waals surface area contributed by atoms with Gasteiger partial charge in [-0.3, -0.25) is 4.79 Å². The van der Waals surface area contributed by atoms with Gasteiger partial charge in [0, 0.05) is 12.6 Å². The minimum Gasteiger partial charge on any atom is -0.497 e. The Morgan fingerprint density at radius 2 is 1.36 bits per heavy atom. The number of aliphatic hydroxyl groups is 1. The first-order chi connectivity index (χ1) is 15.9. The smallest absolute Gasteiger partial charge is 0.251 e. The number of rotatable bonds is 5. The third kappa shape index (κ3) is 5.81. The number of hydrogen-bond donors (Lipinski definition) is 2. The summed E-state index contributed by atoms with van der Waals surface area (Å²) < 4.78 is 10.6. The molecular formula is C28H33NO4. The van der Waals surface area contributed by atoms with Crippen LogP contribution < -0.4 is 10.1 Å². The van der Waals surface area contributed by atoms with Gasteiger partial charge in [-0.1, -0.05) is 54.6 Å². The summed E-state index contributed by atoms with van der Waals surface area (Å²) in [6.45, 7) is 4.26. The molecule has 1 heterocycles. The highest BCUT2D eigenvalue weighted by Crippen LogP contribution is 2.37. The Balaban J connectivity index is 0.000000374. The average molecular weight is 448 g/mol. The topological polar surface area (TPSA) is 67.8 Å². The van der Waals surface area contributed by atoms with Gasteiger partial charge in [0.25, 0.3) is 5.91 Å². The maximum atomic E-state index is 11.8. The highest BCUT2D eigenvalue weighted by atomic mass is 16.5. The van der Waals surface area contributed by atoms with E-state index in [-0.39, 0.29) is 5.91 Å². The van der Waals surface area contributed by atoms with Crippen LogP contribution in [0.25, 0.3) is 0 Å². The fraction of sp³-hybridized carbons (Fsp3) is 0.321. The summed E-state index contributed by atoms with van der Waals surface area (Å²) in [5.41, 5.74) is 1.35. The summed E-state index contributed by atoms with van der Waals surface area (Å²) in [7, 11) is 3.20. The zero-order chi connectivity index (χ0) is 23.8. The molecule has 1 unspecified atom stereocenters. The second kappa shape index (κ2) is 11.1. The van der Waals surface area contributed by atoms with Gasteiger partial charge in [0.2, 0.25) is 0 Å². The Kier molecular flexibility index (Phi) is 8.26. The summed E-state index contributed by atoms with van der Waals surface area (Å²) in [5, 5.41) is 14.3. The van der Waals surface area contributed by atoms with Gasteiger partial charge in [-0.05, 0) is 67.6 Å². The SMILES string of the molecule is CNC(=O)c1ccc(C(O)(c2ccccc2)c2ccc(OC)cc2)cc1.C[C@@H]1CC[C@H](C)O1. The predicted octanol–water partition coefficient (Wildman–Crippen LogP) is 4.91. The monoisotopic (exact) mass is 447 g/mol. The maximum absolute atomic E-state index is 11.8. The fourth-order valence-electron chi connectivity index (χ4n) is 4.02. The molecule has 1 aliphatic rings. The molecule has 0 aromatic heterocycles. The number of hydrogen-bond acceptors (Lipinski definition) is 4. The van der Waals surface area contributed by atoms with Crippen molar-refractivity contribution in [3.05, 3.63) is 101 Å². The summed E-state index contributed by atoms with van der Waals surface area (Å²) in [4.78, 5) is 11.8. The summed E-state index contributed by atoms with van der Waals surface area (Å²) in [5.74, 6) is 0.559. The van der Waals surface area contributed by atoms with Gasteiger partial charge in [0.15, 0.2) is 0 Å². The third-order valence-corrected chi connectivity index (χ3v) is 5.94. The van der Waals surface area contributed by atoms with Crippen LogP contribution in [0.2, 0.25) is 0 Å². The van der Waals surface area contributed by atoms with E-state index in [1.165, 1.54) is 12.8 Å². The van der Waals surface area contributed by atoms with E-state index in [1.807, 2.05) is 54.6 Å². The minimum absolute atomic E-state index is 0.163. The van der Waals surface area contributed by atoms with Crippen LogP contribution in [0, 0.1) is 0 Å². The second-order valence-electron chi connectivity index (χ2n) is 8.30. The average Bonchev–Trinajstić information content (AvgIpc) is 3.26. The van der Waals surface area contributed by atoms with Crippen LogP contribution in [-0.4, -0.2) is 37.4 Å². The van der Waals surface area contributed by atoms with Crippen LogP contribution in [0.15, 0.2) is 78.9 Å². The van der Waals surface area contributed by atoms with Gasteiger partial charge in [0.1, 0.15) is 11.4 Å². The van der Waals surface area contributed by atoms with Crippen LogP contribution in [0.3, 0.4) is 0 Å². The van der Waals surface area contributed by atoms with Crippen molar-refractivity contribution < 1.29 is 19.4 Å². The van der Waals surface area contributed by atoms with E-state index in [2.05, 4.69) is 19.2 Å². The first kappa shape index (κ1) is 24.5. The first-order valence-corrected chi connectivity index (χ1v) is 11.3. The molecular weight excluding hydrogens is 414 g/mol. The Bertz CT molecular complexity index is 1010. The van der Waals surface area contributed by atoms with Gasteiger partial charge >= 0.3 is 0 Å². The molecule has 2 N–H and O–H groups in total. The number of carbonyl (C=O) groups excluding carboxylic acids is 1. The molecule has 3 atom stereocenters. The first-order valence-electron chi connectivity index (χ1n) is 11.3. The Morgan fingerprint density at radius 3 is 1.79 bits per heavy atom. The van der Waals surface area contributed by atoms with Crippen LogP contribution in [0.4, 0.5) is 0 Å². The molecule has 3 aromatic carbocycles. The zero-order valence-electron chi connectivity index (χ0n) is 19.7. The quantitative estimate of drug-likeness (QED) is 0.545. The van der Waals surface area contributed by atoms with E-state index in [1.54, 1.807) is 38.4 Å². The van der Waals surface area contributed by atoms with Crippen molar-refractivity contribution in [3.8, 4) is 5.75 Å². The van der Waals surface area contributed by atoms with Crippen molar-refractivity contribution in [2.24, 2.45) is 0 Å². The van der Waals surface area contributed by atoms with E-state index in [0.717, 1.165) is 16.9 Å². The largest absolute Gasteiger partial charge is 0.497 e. The summed E-state index contributed by atoms with van der Waals surface area (Å²) in [6, 6.07) is 23.8. The lowest BCUT2D eigenvalue weighted by Crippen LogP contribution is -2.29. The van der Waals surface area contributed by atoms with Gasteiger partial charge in [0.05, 0.1) is 19.3 Å². The van der Waals surface area contributed by atoms with Crippen LogP contribution >= 0.6 is 0 Å². The number of benzene rings is 3. The fourth-order valence-corrected chi connectivity index (χ4v) is 4.02. The Hall–Kier alpha value is -3.15. The molecule has 3 aromatic rings. The third-order valence-electron chi connectivity index (χ3n) is 5.94. The maximum Gasteiger partial charge on any atom is 0.251 e. The number of nitrogens with one attached hydrogen (secondary N) is 1. The van der Waals surface area contributed by atoms with E-state index in [4.69, 9.17) is 9.47 Å². The molecule has 0 radical (unpaired) electrons. The molecule has 1 aliphatic heterocycles. The molecule has 0 aliphatic carbocycles. The molecule has 0 bridgehead atoms. The molecule has 5 nitrogen and oxygen atoms in total. The standard InChI is InChI=1S/C22H21NO3.C6H12O/c1-23-21(24)16-8-10-18(11-9-16)22(25,17-6-4-3-5-7-17)19-12-14-20(26-2)15-13-19;1-5-3-4-6(2)7-5/h3-15,25H,1-2H3,(H,23,24);5-6H,3-4H2,1-2H3/t;5-,6+. The number of carbonyl (C=O) groups is 1. The van der Waals surface area contributed by atoms with Crippen LogP contribution in [0.5, 0.6) is 5.75 Å². The molecule has 0 spiro atoms. The van der Waals surface area contributed by atoms with Crippen LogP contribution in [-0.2, 0) is 10.3 Å². The van der Waals surface area contributed by atoms with E-state index < -0.39 is 5.60 Å². The van der Waals surface area contributed by atoms with Crippen molar-refractivity contribution in [3.63, 3.8) is 0 Å². The highest BCUT2D eigenvalue weighted by Gasteiger charge is 2.33. The highest BCUT2D eigenvalue weighted by molar-refractivity contribution is 5.94. The summed E-state index contributed by atoms with van der Waals surface area (Å²) in [6.07, 6.45) is 3.55. The molecule has 1 amide bonds. The van der Waals surface area contributed by atoms with E-state index in [9.17, 15) is 9.90 Å². The number of ether oxygens (including phenoxy) is 2. The molecule has 5 heteroatoms. The van der Waals surface area contributed by atoms with Gasteiger partial charge in [-0.2, -0.15) is 0 Å². The number of methoxy groups -OCH3 is 1. The minimum atomic E-state index is -1.34. The van der Waals surface area contributed by atoms with E-state index in [0.29, 0.717) is 23.3 Å². The van der Waals surface area contributed by atoms with Crippen molar-refractivity contribution in [2.75, 3.05) is 14.2 Å². The normalized spacial score (nSPS) is 19.1. The molecule has 1 saturated heterocycles. The lowest BCUT2D eigenvalue weighted by atomic mass is 9.80. The van der Waals surface area contributed by atoms with Crippen molar-refractivity contribution >= 4 is 5.91 Å². The van der Waals surface area contributed by atoms with Gasteiger partial charge in [-0.15, -0.1) is 0 Å².